The molecule has 1 atom stereocenters. The van der Waals surface area contributed by atoms with Gasteiger partial charge in [-0.3, -0.25) is 4.79 Å². The molecule has 0 aromatic carbocycles. The summed E-state index contributed by atoms with van der Waals surface area (Å²) in [6.07, 6.45) is 6.81. The maximum Gasteiger partial charge on any atom is 0.239 e. The van der Waals surface area contributed by atoms with Crippen LogP contribution in [0.2, 0.25) is 0 Å². The third-order valence-corrected chi connectivity index (χ3v) is 4.50. The summed E-state index contributed by atoms with van der Waals surface area (Å²) in [5, 5.41) is 3.33. The van der Waals surface area contributed by atoms with Crippen LogP contribution in [-0.2, 0) is 4.79 Å². The van der Waals surface area contributed by atoms with Gasteiger partial charge in [0.25, 0.3) is 0 Å². The van der Waals surface area contributed by atoms with Crippen LogP contribution in [0, 0.1) is 0 Å². The summed E-state index contributed by atoms with van der Waals surface area (Å²) in [6.45, 7) is 4.04. The summed E-state index contributed by atoms with van der Waals surface area (Å²) >= 11 is 3.34. The van der Waals surface area contributed by atoms with Crippen molar-refractivity contribution < 1.29 is 4.79 Å². The number of carbonyl (C=O) groups excluding carboxylic acids is 1. The fraction of sp³-hybridized carbons (Fsp3) is 0.643. The van der Waals surface area contributed by atoms with Gasteiger partial charge in [0, 0.05) is 38.6 Å². The first-order valence-electron chi connectivity index (χ1n) is 7.49. The zero-order valence-corrected chi connectivity index (χ0v) is 13.5. The molecule has 0 radical (unpaired) electrons. The highest BCUT2D eigenvalue weighted by Crippen LogP contribution is 2.15. The van der Waals surface area contributed by atoms with Crippen LogP contribution < -0.4 is 10.2 Å². The molecule has 0 bridgehead atoms. The fourth-order valence-corrected chi connectivity index (χ4v) is 3.08. The number of halogens is 1. The number of nitrogens with one attached hydrogen (secondary N) is 1. The Labute approximate surface area is 133 Å². The highest BCUT2D eigenvalue weighted by molar-refractivity contribution is 9.10. The predicted molar refractivity (Wildman–Crippen MR) is 84.2 cm³/mol. The van der Waals surface area contributed by atoms with Crippen LogP contribution in [0.5, 0.6) is 0 Å². The number of amides is 1. The molecular formula is C14H20BrN5O. The van der Waals surface area contributed by atoms with Gasteiger partial charge in [-0.15, -0.1) is 0 Å². The van der Waals surface area contributed by atoms with Crippen molar-refractivity contribution in [1.82, 2.24) is 20.2 Å². The second-order valence-electron chi connectivity index (χ2n) is 5.52. The van der Waals surface area contributed by atoms with E-state index in [4.69, 9.17) is 0 Å². The normalized spacial score (nSPS) is 23.2. The molecule has 3 heterocycles. The van der Waals surface area contributed by atoms with E-state index in [0.717, 1.165) is 56.0 Å². The lowest BCUT2D eigenvalue weighted by molar-refractivity contribution is -0.134. The van der Waals surface area contributed by atoms with Crippen LogP contribution in [0.25, 0.3) is 0 Å². The standard InChI is InChI=1S/C14H20BrN5O/c15-11-9-17-14(18-10-11)20-7-5-19(6-8-20)13(21)12-3-1-2-4-16-12/h9-10,12,16H,1-8H2/t12-/m0/s1. The van der Waals surface area contributed by atoms with Gasteiger partial charge in [-0.2, -0.15) is 0 Å². The Hall–Kier alpha value is -1.21. The third kappa shape index (κ3) is 3.52. The van der Waals surface area contributed by atoms with E-state index in [1.165, 1.54) is 6.42 Å². The minimum Gasteiger partial charge on any atom is -0.338 e. The molecule has 0 spiro atoms. The molecule has 0 aliphatic carbocycles. The SMILES string of the molecule is O=C([C@@H]1CCCCN1)N1CCN(c2ncc(Br)cn2)CC1. The van der Waals surface area contributed by atoms with Gasteiger partial charge in [-0.05, 0) is 35.3 Å². The average Bonchev–Trinajstić information content (AvgIpc) is 2.56. The Balaban J connectivity index is 1.54. The number of rotatable bonds is 2. The number of aromatic nitrogens is 2. The summed E-state index contributed by atoms with van der Waals surface area (Å²) in [6, 6.07) is 0.0224. The van der Waals surface area contributed by atoms with Gasteiger partial charge in [0.1, 0.15) is 0 Å². The number of hydrogen-bond donors (Lipinski definition) is 1. The Bertz CT molecular complexity index is 481. The molecule has 0 unspecified atom stereocenters. The lowest BCUT2D eigenvalue weighted by atomic mass is 10.0. The minimum absolute atomic E-state index is 0.0224. The Morgan fingerprint density at radius 3 is 2.52 bits per heavy atom. The van der Waals surface area contributed by atoms with Crippen LogP contribution in [0.1, 0.15) is 19.3 Å². The van der Waals surface area contributed by atoms with E-state index >= 15 is 0 Å². The van der Waals surface area contributed by atoms with Crippen molar-refractivity contribution in [2.24, 2.45) is 0 Å². The maximum absolute atomic E-state index is 12.4. The number of piperidine rings is 1. The van der Waals surface area contributed by atoms with Gasteiger partial charge < -0.3 is 15.1 Å². The highest BCUT2D eigenvalue weighted by atomic mass is 79.9. The monoisotopic (exact) mass is 353 g/mol. The predicted octanol–water partition coefficient (Wildman–Crippen LogP) is 1.03. The molecule has 3 rings (SSSR count). The van der Waals surface area contributed by atoms with Crippen molar-refractivity contribution in [3.63, 3.8) is 0 Å². The first kappa shape index (κ1) is 14.7. The molecule has 2 saturated heterocycles. The smallest absolute Gasteiger partial charge is 0.239 e. The number of carbonyl (C=O) groups is 1. The van der Waals surface area contributed by atoms with Gasteiger partial charge in [0.05, 0.1) is 10.5 Å². The van der Waals surface area contributed by atoms with Gasteiger partial charge >= 0.3 is 0 Å². The molecule has 0 saturated carbocycles. The lowest BCUT2D eigenvalue weighted by Gasteiger charge is -2.37. The first-order valence-corrected chi connectivity index (χ1v) is 8.28. The van der Waals surface area contributed by atoms with Crippen molar-refractivity contribution >= 4 is 27.8 Å². The molecule has 1 aromatic heterocycles. The number of nitrogens with zero attached hydrogens (tertiary/aromatic N) is 4. The lowest BCUT2D eigenvalue weighted by Crippen LogP contribution is -2.55. The second-order valence-corrected chi connectivity index (χ2v) is 6.43. The van der Waals surface area contributed by atoms with Crippen molar-refractivity contribution in [2.75, 3.05) is 37.6 Å². The van der Waals surface area contributed by atoms with Crippen molar-refractivity contribution in [1.29, 1.82) is 0 Å². The largest absolute Gasteiger partial charge is 0.338 e. The van der Waals surface area contributed by atoms with Crippen LogP contribution in [0.4, 0.5) is 5.95 Å². The molecule has 114 valence electrons. The number of piperazine rings is 1. The third-order valence-electron chi connectivity index (χ3n) is 4.09. The zero-order chi connectivity index (χ0) is 14.7. The van der Waals surface area contributed by atoms with Gasteiger partial charge in [-0.1, -0.05) is 6.42 Å². The van der Waals surface area contributed by atoms with Gasteiger partial charge in [0.2, 0.25) is 11.9 Å². The molecule has 2 fully saturated rings. The van der Waals surface area contributed by atoms with E-state index in [1.54, 1.807) is 12.4 Å². The van der Waals surface area contributed by atoms with E-state index < -0.39 is 0 Å². The summed E-state index contributed by atoms with van der Waals surface area (Å²) < 4.78 is 0.878. The zero-order valence-electron chi connectivity index (χ0n) is 12.0. The molecule has 7 heteroatoms. The quantitative estimate of drug-likeness (QED) is 0.860. The molecule has 6 nitrogen and oxygen atoms in total. The molecule has 2 aliphatic heterocycles. The van der Waals surface area contributed by atoms with E-state index in [0.29, 0.717) is 0 Å². The number of hydrogen-bond acceptors (Lipinski definition) is 5. The molecule has 21 heavy (non-hydrogen) atoms. The molecule has 1 N–H and O–H groups in total. The van der Waals surface area contributed by atoms with E-state index in [9.17, 15) is 4.79 Å². The van der Waals surface area contributed by atoms with Crippen molar-refractivity contribution in [3.05, 3.63) is 16.9 Å². The average molecular weight is 354 g/mol. The van der Waals surface area contributed by atoms with E-state index in [2.05, 4.69) is 36.1 Å². The Kier molecular flexibility index (Phi) is 4.70. The van der Waals surface area contributed by atoms with Gasteiger partial charge in [0.15, 0.2) is 0 Å². The summed E-state index contributed by atoms with van der Waals surface area (Å²) in [7, 11) is 0. The second kappa shape index (κ2) is 6.70. The summed E-state index contributed by atoms with van der Waals surface area (Å²) in [4.78, 5) is 25.2. The fourth-order valence-electron chi connectivity index (χ4n) is 2.88. The molecule has 1 aromatic rings. The van der Waals surface area contributed by atoms with Crippen LogP contribution in [0.15, 0.2) is 16.9 Å². The first-order chi connectivity index (χ1) is 10.2. The van der Waals surface area contributed by atoms with Crippen LogP contribution in [0.3, 0.4) is 0 Å². The van der Waals surface area contributed by atoms with Crippen molar-refractivity contribution in [3.8, 4) is 0 Å². The Morgan fingerprint density at radius 1 is 1.19 bits per heavy atom. The van der Waals surface area contributed by atoms with Gasteiger partial charge in [-0.25, -0.2) is 9.97 Å². The molecule has 2 aliphatic rings. The Morgan fingerprint density at radius 2 is 1.90 bits per heavy atom. The minimum atomic E-state index is 0.0224. The number of anilines is 1. The highest BCUT2D eigenvalue weighted by Gasteiger charge is 2.28. The van der Waals surface area contributed by atoms with Crippen LogP contribution in [-0.4, -0.2) is 59.5 Å². The van der Waals surface area contributed by atoms with Crippen molar-refractivity contribution in [2.45, 2.75) is 25.3 Å². The van der Waals surface area contributed by atoms with E-state index in [-0.39, 0.29) is 11.9 Å². The molecule has 1 amide bonds. The topological polar surface area (TPSA) is 61.4 Å². The van der Waals surface area contributed by atoms with E-state index in [1.807, 2.05) is 4.90 Å². The summed E-state index contributed by atoms with van der Waals surface area (Å²) in [5.41, 5.74) is 0. The molecular weight excluding hydrogens is 334 g/mol. The van der Waals surface area contributed by atoms with Crippen LogP contribution >= 0.6 is 15.9 Å². The summed E-state index contributed by atoms with van der Waals surface area (Å²) in [5.74, 6) is 0.993. The maximum atomic E-state index is 12.4.